The van der Waals surface area contributed by atoms with E-state index < -0.39 is 15.9 Å². The third-order valence-electron chi connectivity index (χ3n) is 5.21. The molecule has 2 N–H and O–H groups in total. The Morgan fingerprint density at radius 3 is 2.41 bits per heavy atom. The fourth-order valence-corrected chi connectivity index (χ4v) is 5.74. The molecule has 3 aromatic carbocycles. The first kappa shape index (κ1) is 23.6. The zero-order valence-corrected chi connectivity index (χ0v) is 20.3. The van der Waals surface area contributed by atoms with Crippen LogP contribution in [0.1, 0.15) is 28.1 Å². The van der Waals surface area contributed by atoms with Gasteiger partial charge >= 0.3 is 0 Å². The van der Waals surface area contributed by atoms with Gasteiger partial charge in [0, 0.05) is 23.9 Å². The normalized spacial score (nSPS) is 11.4. The van der Waals surface area contributed by atoms with E-state index in [2.05, 4.69) is 34.6 Å². The van der Waals surface area contributed by atoms with Crippen molar-refractivity contribution < 1.29 is 18.0 Å². The number of fused-ring (bicyclic) bond motifs is 1. The van der Waals surface area contributed by atoms with Gasteiger partial charge in [-0.1, -0.05) is 42.5 Å². The van der Waals surface area contributed by atoms with Gasteiger partial charge < -0.3 is 5.32 Å². The molecule has 1 aromatic heterocycles. The minimum absolute atomic E-state index is 0.0583. The number of carbonyl (C=O) groups is 2. The molecule has 2 amide bonds. The Bertz CT molecular complexity index is 1470. The average molecular weight is 494 g/mol. The van der Waals surface area contributed by atoms with Gasteiger partial charge in [0.05, 0.1) is 22.0 Å². The van der Waals surface area contributed by atoms with Crippen LogP contribution in [0.3, 0.4) is 0 Å². The van der Waals surface area contributed by atoms with E-state index in [4.69, 9.17) is 0 Å². The first-order chi connectivity index (χ1) is 16.2. The van der Waals surface area contributed by atoms with Crippen LogP contribution in [0.25, 0.3) is 10.8 Å². The number of nitrogens with zero attached hydrogens (tertiary/aromatic N) is 1. The Labute approximate surface area is 201 Å². The minimum atomic E-state index is -3.91. The summed E-state index contributed by atoms with van der Waals surface area (Å²) in [6.07, 6.45) is 0.865. The van der Waals surface area contributed by atoms with Crippen molar-refractivity contribution in [2.75, 3.05) is 5.32 Å². The van der Waals surface area contributed by atoms with Crippen molar-refractivity contribution in [2.24, 2.45) is 0 Å². The zero-order valence-electron chi connectivity index (χ0n) is 18.7. The molecule has 0 radical (unpaired) electrons. The SMILES string of the molecule is CC(=O)NS(=O)(=O)c1ccc(NC(=O)Cc2sc(Cc3cccc4ccccc34)nc2C)cc1. The highest BCUT2D eigenvalue weighted by molar-refractivity contribution is 7.90. The van der Waals surface area contributed by atoms with Gasteiger partial charge in [0.1, 0.15) is 0 Å². The average Bonchev–Trinajstić information content (AvgIpc) is 3.12. The molecule has 174 valence electrons. The number of rotatable bonds is 7. The molecule has 9 heteroatoms. The van der Waals surface area contributed by atoms with Crippen molar-refractivity contribution in [1.82, 2.24) is 9.71 Å². The molecular formula is C25H23N3O4S2. The molecule has 0 atom stereocenters. The Kier molecular flexibility index (Phi) is 6.76. The van der Waals surface area contributed by atoms with Crippen LogP contribution in [-0.4, -0.2) is 25.2 Å². The van der Waals surface area contributed by atoms with E-state index in [9.17, 15) is 18.0 Å². The molecule has 1 heterocycles. The van der Waals surface area contributed by atoms with Crippen molar-refractivity contribution in [2.45, 2.75) is 31.6 Å². The van der Waals surface area contributed by atoms with Crippen LogP contribution in [0, 0.1) is 6.92 Å². The van der Waals surface area contributed by atoms with Gasteiger partial charge in [-0.3, -0.25) is 9.59 Å². The number of nitrogens with one attached hydrogen (secondary N) is 2. The first-order valence-electron chi connectivity index (χ1n) is 10.6. The van der Waals surface area contributed by atoms with Crippen LogP contribution in [0.4, 0.5) is 5.69 Å². The smallest absolute Gasteiger partial charge is 0.264 e. The third-order valence-corrected chi connectivity index (χ3v) is 7.81. The Hall–Kier alpha value is -3.56. The van der Waals surface area contributed by atoms with Crippen LogP contribution in [-0.2, 0) is 32.5 Å². The van der Waals surface area contributed by atoms with Crippen LogP contribution in [0.5, 0.6) is 0 Å². The molecule has 0 spiro atoms. The number of hydrogen-bond acceptors (Lipinski definition) is 6. The van der Waals surface area contributed by atoms with Gasteiger partial charge in [0.25, 0.3) is 10.0 Å². The fraction of sp³-hybridized carbons (Fsp3) is 0.160. The highest BCUT2D eigenvalue weighted by Crippen LogP contribution is 2.26. The monoisotopic (exact) mass is 493 g/mol. The number of anilines is 1. The fourth-order valence-electron chi connectivity index (χ4n) is 3.65. The summed E-state index contributed by atoms with van der Waals surface area (Å²) in [6, 6.07) is 20.1. The maximum absolute atomic E-state index is 12.6. The lowest BCUT2D eigenvalue weighted by atomic mass is 10.0. The zero-order chi connectivity index (χ0) is 24.3. The Morgan fingerprint density at radius 1 is 0.971 bits per heavy atom. The number of amides is 2. The van der Waals surface area contributed by atoms with Crippen molar-refractivity contribution in [3.05, 3.63) is 87.9 Å². The molecule has 4 rings (SSSR count). The number of aryl methyl sites for hydroxylation is 1. The largest absolute Gasteiger partial charge is 0.326 e. The van der Waals surface area contributed by atoms with E-state index in [1.807, 2.05) is 29.8 Å². The van der Waals surface area contributed by atoms with E-state index in [1.54, 1.807) is 0 Å². The summed E-state index contributed by atoms with van der Waals surface area (Å²) in [5, 5.41) is 6.11. The molecule has 4 aromatic rings. The predicted molar refractivity (Wildman–Crippen MR) is 133 cm³/mol. The minimum Gasteiger partial charge on any atom is -0.326 e. The molecule has 0 fully saturated rings. The van der Waals surface area contributed by atoms with E-state index in [1.165, 1.54) is 51.9 Å². The molecule has 0 aliphatic heterocycles. The lowest BCUT2D eigenvalue weighted by Gasteiger charge is -2.07. The highest BCUT2D eigenvalue weighted by atomic mass is 32.2. The van der Waals surface area contributed by atoms with Crippen LogP contribution in [0.15, 0.2) is 71.6 Å². The first-order valence-corrected chi connectivity index (χ1v) is 12.9. The predicted octanol–water partition coefficient (Wildman–Crippen LogP) is 4.20. The van der Waals surface area contributed by atoms with Gasteiger partial charge in [0.2, 0.25) is 11.8 Å². The lowest BCUT2D eigenvalue weighted by Crippen LogP contribution is -2.28. The number of hydrogen-bond donors (Lipinski definition) is 2. The number of benzene rings is 3. The summed E-state index contributed by atoms with van der Waals surface area (Å²) in [6.45, 7) is 3.02. The number of sulfonamides is 1. The van der Waals surface area contributed by atoms with Crippen molar-refractivity contribution in [3.8, 4) is 0 Å². The Morgan fingerprint density at radius 2 is 1.68 bits per heavy atom. The molecule has 0 unspecified atom stereocenters. The van der Waals surface area contributed by atoms with Gasteiger partial charge in [-0.05, 0) is 47.5 Å². The van der Waals surface area contributed by atoms with E-state index >= 15 is 0 Å². The van der Waals surface area contributed by atoms with Crippen molar-refractivity contribution >= 4 is 49.6 Å². The number of carbonyl (C=O) groups excluding carboxylic acids is 2. The molecule has 0 saturated carbocycles. The topological polar surface area (TPSA) is 105 Å². The van der Waals surface area contributed by atoms with E-state index in [0.29, 0.717) is 12.1 Å². The van der Waals surface area contributed by atoms with Crippen LogP contribution in [0.2, 0.25) is 0 Å². The molecule has 0 bridgehead atoms. The molecular weight excluding hydrogens is 470 g/mol. The summed E-state index contributed by atoms with van der Waals surface area (Å²) in [5.74, 6) is -0.891. The molecule has 0 aliphatic rings. The molecule has 0 saturated heterocycles. The third kappa shape index (κ3) is 5.49. The summed E-state index contributed by atoms with van der Waals surface area (Å²) in [7, 11) is -3.91. The summed E-state index contributed by atoms with van der Waals surface area (Å²) >= 11 is 1.52. The molecule has 0 aliphatic carbocycles. The van der Waals surface area contributed by atoms with Gasteiger partial charge in [-0.15, -0.1) is 11.3 Å². The maximum atomic E-state index is 12.6. The molecule has 34 heavy (non-hydrogen) atoms. The lowest BCUT2D eigenvalue weighted by molar-refractivity contribution is -0.117. The molecule has 7 nitrogen and oxygen atoms in total. The number of aromatic nitrogens is 1. The van der Waals surface area contributed by atoms with E-state index in [-0.39, 0.29) is 17.2 Å². The standard InChI is InChI=1S/C25H23N3O4S2/c1-16-23(33-25(26-16)14-19-8-5-7-18-6-3-4-9-22(18)19)15-24(30)27-20-10-12-21(13-11-20)34(31,32)28-17(2)29/h3-13H,14-15H2,1-2H3,(H,27,30)(H,28,29). The number of thiazole rings is 1. The van der Waals surface area contributed by atoms with Gasteiger partial charge in [-0.2, -0.15) is 0 Å². The van der Waals surface area contributed by atoms with Crippen molar-refractivity contribution in [1.29, 1.82) is 0 Å². The van der Waals surface area contributed by atoms with Crippen LogP contribution >= 0.6 is 11.3 Å². The Balaban J connectivity index is 1.42. The summed E-state index contributed by atoms with van der Waals surface area (Å²) in [5.41, 5.74) is 2.48. The van der Waals surface area contributed by atoms with Gasteiger partial charge in [0.15, 0.2) is 0 Å². The van der Waals surface area contributed by atoms with Gasteiger partial charge in [-0.25, -0.2) is 18.1 Å². The van der Waals surface area contributed by atoms with E-state index in [0.717, 1.165) is 22.5 Å². The highest BCUT2D eigenvalue weighted by Gasteiger charge is 2.16. The maximum Gasteiger partial charge on any atom is 0.264 e. The summed E-state index contributed by atoms with van der Waals surface area (Å²) < 4.78 is 26.0. The van der Waals surface area contributed by atoms with Crippen molar-refractivity contribution in [3.63, 3.8) is 0 Å². The second-order valence-electron chi connectivity index (χ2n) is 7.84. The second-order valence-corrected chi connectivity index (χ2v) is 10.7. The summed E-state index contributed by atoms with van der Waals surface area (Å²) in [4.78, 5) is 29.2. The second kappa shape index (κ2) is 9.74. The van der Waals surface area contributed by atoms with Crippen LogP contribution < -0.4 is 10.0 Å². The quantitative estimate of drug-likeness (QED) is 0.401.